The van der Waals surface area contributed by atoms with Crippen LogP contribution in [0.5, 0.6) is 0 Å². The second-order valence-corrected chi connectivity index (χ2v) is 7.82. The number of hydrogen-bond acceptors (Lipinski definition) is 4. The summed E-state index contributed by atoms with van der Waals surface area (Å²) in [4.78, 5) is 19.7. The molecule has 156 valence electrons. The minimum atomic E-state index is -4.72. The van der Waals surface area contributed by atoms with E-state index < -0.39 is 22.7 Å². The summed E-state index contributed by atoms with van der Waals surface area (Å²) < 4.78 is 53.8. The molecule has 3 aromatic rings. The van der Waals surface area contributed by atoms with E-state index in [9.17, 15) is 22.4 Å². The molecule has 4 nitrogen and oxygen atoms in total. The molecule has 9 heteroatoms. The molecule has 1 fully saturated rings. The fourth-order valence-electron chi connectivity index (χ4n) is 3.32. The van der Waals surface area contributed by atoms with Crippen molar-refractivity contribution >= 4 is 22.9 Å². The fraction of sp³-hybridized carbons (Fsp3) is 0.238. The van der Waals surface area contributed by atoms with Crippen molar-refractivity contribution in [2.24, 2.45) is 0 Å². The van der Waals surface area contributed by atoms with Crippen LogP contribution in [0.2, 0.25) is 0 Å². The number of halogens is 4. The summed E-state index contributed by atoms with van der Waals surface area (Å²) in [6.45, 7) is 1.43. The summed E-state index contributed by atoms with van der Waals surface area (Å²) in [5.41, 5.74) is 0.203. The predicted molar refractivity (Wildman–Crippen MR) is 107 cm³/mol. The maximum Gasteiger partial charge on any atom is 0.435 e. The van der Waals surface area contributed by atoms with Crippen molar-refractivity contribution in [3.63, 3.8) is 0 Å². The summed E-state index contributed by atoms with van der Waals surface area (Å²) in [6.07, 6.45) is -4.72. The Kier molecular flexibility index (Phi) is 5.46. The Bertz CT molecular complexity index is 1030. The first kappa shape index (κ1) is 20.3. The van der Waals surface area contributed by atoms with Crippen molar-refractivity contribution in [2.45, 2.75) is 6.18 Å². The van der Waals surface area contributed by atoms with Crippen LogP contribution in [0.4, 0.5) is 23.2 Å². The van der Waals surface area contributed by atoms with Crippen LogP contribution in [-0.4, -0.2) is 42.0 Å². The van der Waals surface area contributed by atoms with Crippen LogP contribution in [0.15, 0.2) is 54.6 Å². The van der Waals surface area contributed by atoms with Gasteiger partial charge in [0.05, 0.1) is 0 Å². The van der Waals surface area contributed by atoms with Crippen LogP contribution in [0.1, 0.15) is 15.4 Å². The highest BCUT2D eigenvalue weighted by Crippen LogP contribution is 2.38. The second-order valence-electron chi connectivity index (χ2n) is 6.82. The van der Waals surface area contributed by atoms with E-state index in [1.807, 2.05) is 4.90 Å². The SMILES string of the molecule is O=C(c1sc(-c2ccccc2)nc1C(F)(F)F)N1CCN(c2ccc(F)cc2)CC1. The van der Waals surface area contributed by atoms with Gasteiger partial charge in [-0.25, -0.2) is 9.37 Å². The van der Waals surface area contributed by atoms with Gasteiger partial charge in [-0.1, -0.05) is 30.3 Å². The van der Waals surface area contributed by atoms with Gasteiger partial charge in [0.15, 0.2) is 5.69 Å². The fourth-order valence-corrected chi connectivity index (χ4v) is 4.38. The highest BCUT2D eigenvalue weighted by molar-refractivity contribution is 7.17. The Labute approximate surface area is 174 Å². The number of benzene rings is 2. The normalized spacial score (nSPS) is 14.8. The van der Waals surface area contributed by atoms with E-state index in [4.69, 9.17) is 0 Å². The molecule has 4 rings (SSSR count). The minimum Gasteiger partial charge on any atom is -0.368 e. The number of carbonyl (C=O) groups is 1. The number of hydrogen-bond donors (Lipinski definition) is 0. The number of aromatic nitrogens is 1. The maximum absolute atomic E-state index is 13.6. The Morgan fingerprint density at radius 2 is 1.57 bits per heavy atom. The lowest BCUT2D eigenvalue weighted by Crippen LogP contribution is -2.49. The van der Waals surface area contributed by atoms with Gasteiger partial charge in [0.1, 0.15) is 15.7 Å². The lowest BCUT2D eigenvalue weighted by Gasteiger charge is -2.36. The molecule has 0 spiro atoms. The first-order valence-corrected chi connectivity index (χ1v) is 10.1. The molecule has 0 radical (unpaired) electrons. The van der Waals surface area contributed by atoms with Gasteiger partial charge >= 0.3 is 6.18 Å². The molecular weight excluding hydrogens is 418 g/mol. The highest BCUT2D eigenvalue weighted by atomic mass is 32.1. The summed E-state index contributed by atoms with van der Waals surface area (Å²) in [7, 11) is 0. The first-order chi connectivity index (χ1) is 14.3. The van der Waals surface area contributed by atoms with Crippen LogP contribution >= 0.6 is 11.3 Å². The molecule has 0 N–H and O–H groups in total. The molecule has 0 saturated carbocycles. The zero-order valence-corrected chi connectivity index (χ0v) is 16.5. The molecule has 30 heavy (non-hydrogen) atoms. The van der Waals surface area contributed by atoms with E-state index in [0.29, 0.717) is 18.7 Å². The number of anilines is 1. The predicted octanol–water partition coefficient (Wildman–Crippen LogP) is 4.93. The lowest BCUT2D eigenvalue weighted by atomic mass is 10.2. The standard InChI is InChI=1S/C21H17F4N3OS/c22-15-6-8-16(9-7-15)27-10-12-28(13-11-27)20(29)17-18(21(23,24)25)26-19(30-17)14-4-2-1-3-5-14/h1-9H,10-13H2. The van der Waals surface area contributed by atoms with Gasteiger partial charge < -0.3 is 9.80 Å². The zero-order valence-electron chi connectivity index (χ0n) is 15.7. The Balaban J connectivity index is 1.54. The van der Waals surface area contributed by atoms with Crippen molar-refractivity contribution in [1.29, 1.82) is 0 Å². The van der Waals surface area contributed by atoms with Gasteiger partial charge in [0, 0.05) is 37.4 Å². The summed E-state index contributed by atoms with van der Waals surface area (Å²) in [5, 5.41) is 0.163. The number of alkyl halides is 3. The van der Waals surface area contributed by atoms with E-state index in [2.05, 4.69) is 4.98 Å². The molecule has 1 aliphatic rings. The maximum atomic E-state index is 13.6. The van der Waals surface area contributed by atoms with E-state index >= 15 is 0 Å². The molecule has 2 aromatic carbocycles. The number of rotatable bonds is 3. The average Bonchev–Trinajstić information content (AvgIpc) is 3.21. The average molecular weight is 435 g/mol. The van der Waals surface area contributed by atoms with Gasteiger partial charge in [-0.2, -0.15) is 13.2 Å². The van der Waals surface area contributed by atoms with Crippen molar-refractivity contribution in [2.75, 3.05) is 31.1 Å². The van der Waals surface area contributed by atoms with Crippen molar-refractivity contribution < 1.29 is 22.4 Å². The van der Waals surface area contributed by atoms with E-state index in [1.54, 1.807) is 42.5 Å². The third-order valence-electron chi connectivity index (χ3n) is 4.87. The van der Waals surface area contributed by atoms with Gasteiger partial charge in [-0.05, 0) is 24.3 Å². The first-order valence-electron chi connectivity index (χ1n) is 9.26. The zero-order chi connectivity index (χ0) is 21.3. The molecule has 0 unspecified atom stereocenters. The third kappa shape index (κ3) is 4.16. The van der Waals surface area contributed by atoms with Gasteiger partial charge in [0.2, 0.25) is 0 Å². The monoisotopic (exact) mass is 435 g/mol. The Morgan fingerprint density at radius 3 is 2.17 bits per heavy atom. The summed E-state index contributed by atoms with van der Waals surface area (Å²) >= 11 is 0.762. The van der Waals surface area contributed by atoms with Crippen molar-refractivity contribution in [3.8, 4) is 10.6 Å². The van der Waals surface area contributed by atoms with Crippen molar-refractivity contribution in [3.05, 3.63) is 71.0 Å². The Hall–Kier alpha value is -2.94. The van der Waals surface area contributed by atoms with E-state index in [0.717, 1.165) is 17.0 Å². The minimum absolute atomic E-state index is 0.163. The summed E-state index contributed by atoms with van der Waals surface area (Å²) in [6, 6.07) is 14.5. The number of amides is 1. The molecule has 0 bridgehead atoms. The van der Waals surface area contributed by atoms with Crippen LogP contribution in [0, 0.1) is 5.82 Å². The van der Waals surface area contributed by atoms with Gasteiger partial charge in [-0.3, -0.25) is 4.79 Å². The topological polar surface area (TPSA) is 36.4 Å². The van der Waals surface area contributed by atoms with Crippen LogP contribution in [-0.2, 0) is 6.18 Å². The quantitative estimate of drug-likeness (QED) is 0.548. The molecule has 1 aromatic heterocycles. The number of nitrogens with zero attached hydrogens (tertiary/aromatic N) is 3. The lowest BCUT2D eigenvalue weighted by molar-refractivity contribution is -0.141. The molecule has 2 heterocycles. The Morgan fingerprint density at radius 1 is 0.933 bits per heavy atom. The molecule has 0 atom stereocenters. The van der Waals surface area contributed by atoms with Crippen LogP contribution in [0.25, 0.3) is 10.6 Å². The van der Waals surface area contributed by atoms with Gasteiger partial charge in [0.25, 0.3) is 5.91 Å². The molecule has 1 saturated heterocycles. The number of piperazine rings is 1. The number of carbonyl (C=O) groups excluding carboxylic acids is 1. The van der Waals surface area contributed by atoms with Gasteiger partial charge in [-0.15, -0.1) is 11.3 Å². The second kappa shape index (κ2) is 8.06. The van der Waals surface area contributed by atoms with Crippen molar-refractivity contribution in [1.82, 2.24) is 9.88 Å². The molecule has 0 aliphatic carbocycles. The molecule has 1 aliphatic heterocycles. The number of thiazole rings is 1. The highest BCUT2D eigenvalue weighted by Gasteiger charge is 2.41. The summed E-state index contributed by atoms with van der Waals surface area (Å²) in [5.74, 6) is -1.01. The molecular formula is C21H17F4N3OS. The van der Waals surface area contributed by atoms with E-state index in [-0.39, 0.29) is 23.9 Å². The largest absolute Gasteiger partial charge is 0.435 e. The smallest absolute Gasteiger partial charge is 0.368 e. The molecule has 1 amide bonds. The third-order valence-corrected chi connectivity index (χ3v) is 5.96. The van der Waals surface area contributed by atoms with E-state index in [1.165, 1.54) is 17.0 Å². The van der Waals surface area contributed by atoms with Crippen LogP contribution < -0.4 is 4.90 Å². The van der Waals surface area contributed by atoms with Crippen LogP contribution in [0.3, 0.4) is 0 Å².